The molecule has 0 unspecified atom stereocenters. The highest BCUT2D eigenvalue weighted by atomic mass is 127. The quantitative estimate of drug-likeness (QED) is 0.340. The Morgan fingerprint density at radius 2 is 2.05 bits per heavy atom. The number of halogens is 1. The van der Waals surface area contributed by atoms with Crippen LogP contribution in [0.5, 0.6) is 11.5 Å². The SMILES string of the molecule is C#CCN=C(N)Nc1cc(OCC)ccc1OCC.I. The van der Waals surface area contributed by atoms with Crippen LogP contribution in [0.25, 0.3) is 0 Å². The Hall–Kier alpha value is -1.62. The molecule has 0 aliphatic rings. The van der Waals surface area contributed by atoms with E-state index in [4.69, 9.17) is 21.6 Å². The minimum Gasteiger partial charge on any atom is -0.494 e. The number of aliphatic imine (C=N–C) groups is 1. The Morgan fingerprint density at radius 1 is 1.35 bits per heavy atom. The summed E-state index contributed by atoms with van der Waals surface area (Å²) in [6.45, 7) is 5.22. The van der Waals surface area contributed by atoms with Gasteiger partial charge in [-0.3, -0.25) is 0 Å². The van der Waals surface area contributed by atoms with Crippen LogP contribution in [0, 0.1) is 12.3 Å². The number of rotatable bonds is 6. The van der Waals surface area contributed by atoms with Gasteiger partial charge in [0.15, 0.2) is 5.96 Å². The van der Waals surface area contributed by atoms with Crippen molar-refractivity contribution in [3.63, 3.8) is 0 Å². The Bertz CT molecular complexity index is 484. The average molecular weight is 389 g/mol. The third-order valence-electron chi connectivity index (χ3n) is 2.17. The molecular formula is C14H20IN3O2. The first-order valence-corrected chi connectivity index (χ1v) is 6.11. The number of nitrogens with one attached hydrogen (secondary N) is 1. The minimum atomic E-state index is 0. The molecule has 20 heavy (non-hydrogen) atoms. The fraction of sp³-hybridized carbons (Fsp3) is 0.357. The van der Waals surface area contributed by atoms with E-state index in [1.807, 2.05) is 32.0 Å². The van der Waals surface area contributed by atoms with Crippen LogP contribution >= 0.6 is 24.0 Å². The number of ether oxygens (including phenoxy) is 2. The maximum Gasteiger partial charge on any atom is 0.194 e. The summed E-state index contributed by atoms with van der Waals surface area (Å²) in [5, 5.41) is 2.96. The first-order valence-electron chi connectivity index (χ1n) is 6.11. The normalized spacial score (nSPS) is 10.2. The summed E-state index contributed by atoms with van der Waals surface area (Å²) in [5.74, 6) is 4.05. The molecule has 0 saturated carbocycles. The fourth-order valence-electron chi connectivity index (χ4n) is 1.45. The van der Waals surface area contributed by atoms with Crippen molar-refractivity contribution in [3.05, 3.63) is 18.2 Å². The highest BCUT2D eigenvalue weighted by molar-refractivity contribution is 14.0. The van der Waals surface area contributed by atoms with Gasteiger partial charge in [0.1, 0.15) is 18.0 Å². The number of nitrogens with two attached hydrogens (primary N) is 1. The lowest BCUT2D eigenvalue weighted by Gasteiger charge is -2.13. The molecule has 0 spiro atoms. The zero-order chi connectivity index (χ0) is 14.1. The Kier molecular flexibility index (Phi) is 9.38. The molecule has 1 rings (SSSR count). The van der Waals surface area contributed by atoms with Crippen LogP contribution in [0.1, 0.15) is 13.8 Å². The van der Waals surface area contributed by atoms with Gasteiger partial charge in [-0.2, -0.15) is 0 Å². The van der Waals surface area contributed by atoms with Gasteiger partial charge in [0.2, 0.25) is 0 Å². The van der Waals surface area contributed by atoms with E-state index in [0.29, 0.717) is 24.7 Å². The second-order valence-electron chi connectivity index (χ2n) is 3.55. The number of guanidine groups is 1. The van der Waals surface area contributed by atoms with Gasteiger partial charge in [0.25, 0.3) is 0 Å². The molecule has 1 aromatic rings. The predicted octanol–water partition coefficient (Wildman–Crippen LogP) is 2.46. The van der Waals surface area contributed by atoms with Crippen molar-refractivity contribution < 1.29 is 9.47 Å². The van der Waals surface area contributed by atoms with Crippen LogP contribution in [-0.2, 0) is 0 Å². The third-order valence-corrected chi connectivity index (χ3v) is 2.17. The van der Waals surface area contributed by atoms with E-state index in [0.717, 1.165) is 5.75 Å². The maximum atomic E-state index is 5.73. The molecule has 1 aromatic carbocycles. The molecule has 0 aliphatic heterocycles. The summed E-state index contributed by atoms with van der Waals surface area (Å²) in [5.41, 5.74) is 6.43. The van der Waals surface area contributed by atoms with Gasteiger partial charge in [-0.25, -0.2) is 4.99 Å². The standard InChI is InChI=1S/C14H19N3O2.HI/c1-4-9-16-14(15)17-12-10-11(18-5-2)7-8-13(12)19-6-3;/h1,7-8,10H,5-6,9H2,2-3H3,(H3,15,16,17);1H. The van der Waals surface area contributed by atoms with Gasteiger partial charge in [-0.05, 0) is 26.0 Å². The molecule has 3 N–H and O–H groups in total. The smallest absolute Gasteiger partial charge is 0.194 e. The van der Waals surface area contributed by atoms with Gasteiger partial charge >= 0.3 is 0 Å². The summed E-state index contributed by atoms with van der Waals surface area (Å²) < 4.78 is 10.9. The van der Waals surface area contributed by atoms with Crippen molar-refractivity contribution in [1.82, 2.24) is 0 Å². The second kappa shape index (κ2) is 10.2. The highest BCUT2D eigenvalue weighted by Gasteiger charge is 2.06. The molecule has 5 nitrogen and oxygen atoms in total. The molecule has 0 aromatic heterocycles. The largest absolute Gasteiger partial charge is 0.494 e. The number of terminal acetylenes is 1. The van der Waals surface area contributed by atoms with E-state index in [2.05, 4.69) is 16.2 Å². The van der Waals surface area contributed by atoms with Gasteiger partial charge in [-0.15, -0.1) is 30.4 Å². The van der Waals surface area contributed by atoms with Gasteiger partial charge in [0, 0.05) is 6.07 Å². The molecule has 0 fully saturated rings. The predicted molar refractivity (Wildman–Crippen MR) is 93.1 cm³/mol. The minimum absolute atomic E-state index is 0. The molecular weight excluding hydrogens is 369 g/mol. The Morgan fingerprint density at radius 3 is 2.65 bits per heavy atom. The fourth-order valence-corrected chi connectivity index (χ4v) is 1.45. The number of hydrogen-bond acceptors (Lipinski definition) is 3. The summed E-state index contributed by atoms with van der Waals surface area (Å²) in [7, 11) is 0. The van der Waals surface area contributed by atoms with Gasteiger partial charge in [-0.1, -0.05) is 5.92 Å². The Labute approximate surface area is 137 Å². The zero-order valence-corrected chi connectivity index (χ0v) is 14.0. The lowest BCUT2D eigenvalue weighted by molar-refractivity contribution is 0.332. The zero-order valence-electron chi connectivity index (χ0n) is 11.7. The summed E-state index contributed by atoms with van der Waals surface area (Å²) in [6.07, 6.45) is 5.13. The molecule has 6 heteroatoms. The Balaban J connectivity index is 0.00000361. The van der Waals surface area contributed by atoms with E-state index in [1.165, 1.54) is 0 Å². The molecule has 0 bridgehead atoms. The van der Waals surface area contributed by atoms with Crippen molar-refractivity contribution in [3.8, 4) is 23.8 Å². The first kappa shape index (κ1) is 18.4. The van der Waals surface area contributed by atoms with Crippen LogP contribution in [-0.4, -0.2) is 25.7 Å². The van der Waals surface area contributed by atoms with E-state index in [-0.39, 0.29) is 36.5 Å². The van der Waals surface area contributed by atoms with Crippen molar-refractivity contribution in [2.24, 2.45) is 10.7 Å². The van der Waals surface area contributed by atoms with Crippen LogP contribution in [0.3, 0.4) is 0 Å². The lowest BCUT2D eigenvalue weighted by atomic mass is 10.2. The molecule has 0 atom stereocenters. The second-order valence-corrected chi connectivity index (χ2v) is 3.55. The van der Waals surface area contributed by atoms with E-state index in [9.17, 15) is 0 Å². The topological polar surface area (TPSA) is 68.9 Å². The monoisotopic (exact) mass is 389 g/mol. The molecule has 0 heterocycles. The molecule has 0 amide bonds. The van der Waals surface area contributed by atoms with Crippen molar-refractivity contribution in [1.29, 1.82) is 0 Å². The highest BCUT2D eigenvalue weighted by Crippen LogP contribution is 2.29. The van der Waals surface area contributed by atoms with Crippen LogP contribution in [0.15, 0.2) is 23.2 Å². The van der Waals surface area contributed by atoms with Crippen molar-refractivity contribution in [2.45, 2.75) is 13.8 Å². The van der Waals surface area contributed by atoms with E-state index in [1.54, 1.807) is 0 Å². The third kappa shape index (κ3) is 6.02. The van der Waals surface area contributed by atoms with Crippen LogP contribution in [0.2, 0.25) is 0 Å². The average Bonchev–Trinajstić information content (AvgIpc) is 2.40. The molecule has 110 valence electrons. The number of benzene rings is 1. The van der Waals surface area contributed by atoms with Crippen molar-refractivity contribution >= 4 is 35.6 Å². The maximum absolute atomic E-state index is 5.73. The lowest BCUT2D eigenvalue weighted by Crippen LogP contribution is -2.23. The number of nitrogens with zero attached hydrogens (tertiary/aromatic N) is 1. The van der Waals surface area contributed by atoms with Crippen LogP contribution in [0.4, 0.5) is 5.69 Å². The summed E-state index contributed by atoms with van der Waals surface area (Å²) >= 11 is 0. The van der Waals surface area contributed by atoms with Crippen molar-refractivity contribution in [2.75, 3.05) is 25.1 Å². The van der Waals surface area contributed by atoms with Crippen LogP contribution < -0.4 is 20.5 Å². The summed E-state index contributed by atoms with van der Waals surface area (Å²) in [4.78, 5) is 3.97. The number of anilines is 1. The molecule has 0 radical (unpaired) electrons. The van der Waals surface area contributed by atoms with E-state index < -0.39 is 0 Å². The van der Waals surface area contributed by atoms with E-state index >= 15 is 0 Å². The summed E-state index contributed by atoms with van der Waals surface area (Å²) in [6, 6.07) is 5.48. The number of hydrogen-bond donors (Lipinski definition) is 2. The molecule has 0 aliphatic carbocycles. The first-order chi connectivity index (χ1) is 9.21. The van der Waals surface area contributed by atoms with Gasteiger partial charge in [0.05, 0.1) is 18.9 Å². The van der Waals surface area contributed by atoms with Gasteiger partial charge < -0.3 is 20.5 Å². The molecule has 0 saturated heterocycles.